The number of hydrogen-bond acceptors (Lipinski definition) is 4. The van der Waals surface area contributed by atoms with Crippen molar-refractivity contribution in [1.82, 2.24) is 25.2 Å². The lowest BCUT2D eigenvalue weighted by Crippen LogP contribution is -2.36. The Morgan fingerprint density at radius 1 is 1.24 bits per heavy atom. The van der Waals surface area contributed by atoms with Crippen LogP contribution in [-0.4, -0.2) is 27.0 Å². The highest BCUT2D eigenvalue weighted by Crippen LogP contribution is 2.17. The van der Waals surface area contributed by atoms with Crippen molar-refractivity contribution in [2.45, 2.75) is 40.8 Å². The molecular formula is C20H26FIN6O. The number of nitrogens with one attached hydrogen (secondary N) is 2. The van der Waals surface area contributed by atoms with Crippen molar-refractivity contribution < 1.29 is 8.81 Å². The first-order valence-electron chi connectivity index (χ1n) is 9.21. The Kier molecular flexibility index (Phi) is 8.18. The van der Waals surface area contributed by atoms with Gasteiger partial charge in [-0.15, -0.1) is 24.0 Å². The van der Waals surface area contributed by atoms with E-state index in [9.17, 15) is 4.39 Å². The molecular weight excluding hydrogens is 486 g/mol. The second-order valence-electron chi connectivity index (χ2n) is 6.43. The molecule has 2 N–H and O–H groups in total. The van der Waals surface area contributed by atoms with Crippen LogP contribution in [0.15, 0.2) is 40.0 Å². The number of imidazole rings is 1. The number of aromatic nitrogens is 3. The number of aryl methyl sites for hydroxylation is 3. The molecule has 9 heteroatoms. The van der Waals surface area contributed by atoms with Crippen molar-refractivity contribution in [3.05, 3.63) is 65.1 Å². The molecule has 0 spiro atoms. The van der Waals surface area contributed by atoms with Crippen LogP contribution >= 0.6 is 24.0 Å². The minimum Gasteiger partial charge on any atom is -0.444 e. The molecule has 0 radical (unpaired) electrons. The summed E-state index contributed by atoms with van der Waals surface area (Å²) in [6, 6.07) is 5.11. The molecule has 2 aromatic heterocycles. The third kappa shape index (κ3) is 5.78. The second-order valence-corrected chi connectivity index (χ2v) is 6.43. The Morgan fingerprint density at radius 2 is 2.03 bits per heavy atom. The zero-order valence-electron chi connectivity index (χ0n) is 17.0. The molecule has 29 heavy (non-hydrogen) atoms. The zero-order chi connectivity index (χ0) is 20.1. The standard InChI is InChI=1S/C20H25FN6O.HI/c1-5-22-20(25-12-19-26-13(2)14(3)28-19)24-11-16-6-7-18(17(21)10-16)27-9-8-23-15(27)4;/h6-10H,5,11-12H2,1-4H3,(H2,22,24,25);1H. The average Bonchev–Trinajstić information content (AvgIpc) is 3.23. The van der Waals surface area contributed by atoms with Gasteiger partial charge in [-0.1, -0.05) is 6.07 Å². The lowest BCUT2D eigenvalue weighted by atomic mass is 10.2. The Bertz CT molecular complexity index is 962. The highest BCUT2D eigenvalue weighted by atomic mass is 127. The first-order chi connectivity index (χ1) is 13.5. The smallest absolute Gasteiger partial charge is 0.214 e. The lowest BCUT2D eigenvalue weighted by Gasteiger charge is -2.11. The Labute approximate surface area is 186 Å². The van der Waals surface area contributed by atoms with E-state index in [1.165, 1.54) is 6.07 Å². The molecule has 0 atom stereocenters. The van der Waals surface area contributed by atoms with Crippen molar-refractivity contribution >= 4 is 29.9 Å². The summed E-state index contributed by atoms with van der Waals surface area (Å²) in [5.74, 6) is 2.46. The van der Waals surface area contributed by atoms with Gasteiger partial charge < -0.3 is 19.6 Å². The van der Waals surface area contributed by atoms with E-state index in [1.807, 2.05) is 33.8 Å². The monoisotopic (exact) mass is 512 g/mol. The number of guanidine groups is 1. The van der Waals surface area contributed by atoms with Crippen LogP contribution in [0.3, 0.4) is 0 Å². The fraction of sp³-hybridized carbons (Fsp3) is 0.350. The van der Waals surface area contributed by atoms with E-state index in [2.05, 4.69) is 25.6 Å². The first kappa shape index (κ1) is 22.9. The summed E-state index contributed by atoms with van der Waals surface area (Å²) in [7, 11) is 0. The van der Waals surface area contributed by atoms with E-state index in [0.29, 0.717) is 37.2 Å². The number of oxazole rings is 1. The summed E-state index contributed by atoms with van der Waals surface area (Å²) in [4.78, 5) is 13.0. The molecule has 2 heterocycles. The second kappa shape index (κ2) is 10.4. The molecule has 0 aliphatic heterocycles. The van der Waals surface area contributed by atoms with Gasteiger partial charge >= 0.3 is 0 Å². The van der Waals surface area contributed by atoms with Crippen molar-refractivity contribution in [2.24, 2.45) is 4.99 Å². The molecule has 3 rings (SSSR count). The van der Waals surface area contributed by atoms with Gasteiger partial charge in [0.1, 0.15) is 17.4 Å². The Morgan fingerprint density at radius 3 is 2.62 bits per heavy atom. The van der Waals surface area contributed by atoms with E-state index in [-0.39, 0.29) is 29.8 Å². The van der Waals surface area contributed by atoms with Crippen LogP contribution in [0.5, 0.6) is 0 Å². The van der Waals surface area contributed by atoms with Gasteiger partial charge in [-0.25, -0.2) is 19.4 Å². The van der Waals surface area contributed by atoms with Gasteiger partial charge in [0.05, 0.1) is 24.5 Å². The van der Waals surface area contributed by atoms with Gasteiger partial charge in [-0.05, 0) is 45.4 Å². The maximum atomic E-state index is 14.5. The summed E-state index contributed by atoms with van der Waals surface area (Å²) < 4.78 is 21.8. The number of rotatable bonds is 6. The van der Waals surface area contributed by atoms with Crippen LogP contribution in [0.25, 0.3) is 5.69 Å². The number of aliphatic imine (C=N–C) groups is 1. The molecule has 1 aromatic carbocycles. The van der Waals surface area contributed by atoms with E-state index in [0.717, 1.165) is 22.8 Å². The van der Waals surface area contributed by atoms with Gasteiger partial charge in [-0.2, -0.15) is 0 Å². The van der Waals surface area contributed by atoms with E-state index in [4.69, 9.17) is 4.42 Å². The topological polar surface area (TPSA) is 80.3 Å². The molecule has 0 fully saturated rings. The van der Waals surface area contributed by atoms with E-state index < -0.39 is 0 Å². The molecule has 0 saturated heterocycles. The third-order valence-electron chi connectivity index (χ3n) is 4.34. The molecule has 0 bridgehead atoms. The molecule has 0 amide bonds. The van der Waals surface area contributed by atoms with E-state index >= 15 is 0 Å². The van der Waals surface area contributed by atoms with E-state index in [1.54, 1.807) is 23.0 Å². The van der Waals surface area contributed by atoms with Gasteiger partial charge in [-0.3, -0.25) is 0 Å². The summed E-state index contributed by atoms with van der Waals surface area (Å²) >= 11 is 0. The highest BCUT2D eigenvalue weighted by Gasteiger charge is 2.09. The van der Waals surface area contributed by atoms with Crippen LogP contribution < -0.4 is 10.6 Å². The Hall–Kier alpha value is -2.43. The number of benzene rings is 1. The van der Waals surface area contributed by atoms with Gasteiger partial charge in [0.25, 0.3) is 0 Å². The fourth-order valence-corrected chi connectivity index (χ4v) is 2.76. The predicted octanol–water partition coefficient (Wildman–Crippen LogP) is 3.80. The zero-order valence-corrected chi connectivity index (χ0v) is 19.3. The maximum absolute atomic E-state index is 14.5. The van der Waals surface area contributed by atoms with Crippen molar-refractivity contribution in [3.63, 3.8) is 0 Å². The number of hydrogen-bond donors (Lipinski definition) is 2. The van der Waals surface area contributed by atoms with Gasteiger partial charge in [0.15, 0.2) is 5.96 Å². The molecule has 0 aliphatic carbocycles. The van der Waals surface area contributed by atoms with Crippen LogP contribution in [0.4, 0.5) is 4.39 Å². The Balaban J connectivity index is 0.00000300. The lowest BCUT2D eigenvalue weighted by molar-refractivity contribution is 0.463. The largest absolute Gasteiger partial charge is 0.444 e. The van der Waals surface area contributed by atoms with Crippen molar-refractivity contribution in [2.75, 3.05) is 6.54 Å². The average molecular weight is 512 g/mol. The summed E-state index contributed by atoms with van der Waals surface area (Å²) in [5.41, 5.74) is 2.13. The fourth-order valence-electron chi connectivity index (χ4n) is 2.76. The number of nitrogens with zero attached hydrogens (tertiary/aromatic N) is 4. The van der Waals surface area contributed by atoms with Crippen LogP contribution in [-0.2, 0) is 13.1 Å². The van der Waals surface area contributed by atoms with Crippen LogP contribution in [0.1, 0.15) is 35.7 Å². The highest BCUT2D eigenvalue weighted by molar-refractivity contribution is 14.0. The van der Waals surface area contributed by atoms with Gasteiger partial charge in [0, 0.05) is 18.9 Å². The molecule has 0 unspecified atom stereocenters. The summed E-state index contributed by atoms with van der Waals surface area (Å²) in [5, 5.41) is 6.34. The summed E-state index contributed by atoms with van der Waals surface area (Å²) in [6.45, 7) is 9.09. The summed E-state index contributed by atoms with van der Waals surface area (Å²) in [6.07, 6.45) is 3.39. The van der Waals surface area contributed by atoms with Crippen molar-refractivity contribution in [1.29, 1.82) is 0 Å². The minimum absolute atomic E-state index is 0. The SMILES string of the molecule is CCNC(=NCc1ccc(-n2ccnc2C)c(F)c1)NCc1nc(C)c(C)o1.I. The predicted molar refractivity (Wildman–Crippen MR) is 121 cm³/mol. The number of halogens is 2. The molecule has 0 aliphatic rings. The molecule has 156 valence electrons. The first-order valence-corrected chi connectivity index (χ1v) is 9.21. The maximum Gasteiger partial charge on any atom is 0.214 e. The minimum atomic E-state index is -0.308. The molecule has 0 saturated carbocycles. The molecule has 3 aromatic rings. The van der Waals surface area contributed by atoms with Crippen LogP contribution in [0, 0.1) is 26.6 Å². The normalized spacial score (nSPS) is 11.3. The van der Waals surface area contributed by atoms with Crippen LogP contribution in [0.2, 0.25) is 0 Å². The molecule has 7 nitrogen and oxygen atoms in total. The quantitative estimate of drug-likeness (QED) is 0.299. The third-order valence-corrected chi connectivity index (χ3v) is 4.34. The van der Waals surface area contributed by atoms with Crippen molar-refractivity contribution in [3.8, 4) is 5.69 Å². The van der Waals surface area contributed by atoms with Gasteiger partial charge in [0.2, 0.25) is 5.89 Å².